The third kappa shape index (κ3) is 3.71. The molecule has 0 saturated heterocycles. The molecule has 1 aliphatic carbocycles. The third-order valence-electron chi connectivity index (χ3n) is 3.67. The second kappa shape index (κ2) is 6.73. The molecule has 0 bridgehead atoms. The van der Waals surface area contributed by atoms with Gasteiger partial charge in [0, 0.05) is 16.6 Å². The van der Waals surface area contributed by atoms with Crippen molar-refractivity contribution >= 4 is 33.4 Å². The number of hydrogen-bond donors (Lipinski definition) is 2. The Morgan fingerprint density at radius 1 is 1.26 bits per heavy atom. The number of carbonyl (C=O) groups excluding carboxylic acids is 1. The number of rotatable bonds is 3. The van der Waals surface area contributed by atoms with Crippen molar-refractivity contribution in [2.75, 3.05) is 7.05 Å². The Morgan fingerprint density at radius 2 is 1.89 bits per heavy atom. The average Bonchev–Trinajstić information content (AvgIpc) is 2.42. The van der Waals surface area contributed by atoms with Crippen LogP contribution in [0.5, 0.6) is 0 Å². The molecule has 0 atom stereocenters. The molecule has 104 valence electrons. The van der Waals surface area contributed by atoms with Crippen LogP contribution < -0.4 is 10.6 Å². The molecular weight excluding hydrogens is 328 g/mol. The summed E-state index contributed by atoms with van der Waals surface area (Å²) >= 11 is 9.47. The fourth-order valence-corrected chi connectivity index (χ4v) is 3.05. The zero-order chi connectivity index (χ0) is 13.8. The number of hydrogen-bond acceptors (Lipinski definition) is 2. The molecule has 2 rings (SSSR count). The summed E-state index contributed by atoms with van der Waals surface area (Å²) in [5.41, 5.74) is 0.534. The fraction of sp³-hybridized carbons (Fsp3) is 0.500. The van der Waals surface area contributed by atoms with Crippen molar-refractivity contribution in [1.82, 2.24) is 10.6 Å². The molecule has 3 nitrogen and oxygen atoms in total. The van der Waals surface area contributed by atoms with Gasteiger partial charge in [0.05, 0.1) is 10.6 Å². The summed E-state index contributed by atoms with van der Waals surface area (Å²) in [5.74, 6) is -0.0841. The van der Waals surface area contributed by atoms with Crippen molar-refractivity contribution in [3.8, 4) is 0 Å². The summed E-state index contributed by atoms with van der Waals surface area (Å²) in [4.78, 5) is 12.2. The van der Waals surface area contributed by atoms with Crippen LogP contribution in [0.15, 0.2) is 22.7 Å². The number of halogens is 2. The van der Waals surface area contributed by atoms with Crippen LogP contribution in [0, 0.1) is 0 Å². The molecule has 1 fully saturated rings. The lowest BCUT2D eigenvalue weighted by Gasteiger charge is -2.28. The minimum absolute atomic E-state index is 0.0841. The van der Waals surface area contributed by atoms with Gasteiger partial charge in [-0.3, -0.25) is 4.79 Å². The predicted molar refractivity (Wildman–Crippen MR) is 81.7 cm³/mol. The highest BCUT2D eigenvalue weighted by Gasteiger charge is 2.22. The van der Waals surface area contributed by atoms with E-state index in [9.17, 15) is 4.79 Å². The molecule has 1 aliphatic rings. The van der Waals surface area contributed by atoms with Gasteiger partial charge in [0.25, 0.3) is 5.91 Å². The number of amides is 1. The third-order valence-corrected chi connectivity index (χ3v) is 4.96. The van der Waals surface area contributed by atoms with Crippen LogP contribution in [-0.2, 0) is 0 Å². The van der Waals surface area contributed by atoms with Crippen molar-refractivity contribution in [1.29, 1.82) is 0 Å². The molecule has 5 heteroatoms. The molecule has 19 heavy (non-hydrogen) atoms. The van der Waals surface area contributed by atoms with Crippen molar-refractivity contribution in [3.05, 3.63) is 33.3 Å². The molecule has 2 N–H and O–H groups in total. The van der Waals surface area contributed by atoms with Gasteiger partial charge in [-0.25, -0.2) is 0 Å². The molecule has 1 saturated carbocycles. The van der Waals surface area contributed by atoms with Crippen LogP contribution in [0.3, 0.4) is 0 Å². The van der Waals surface area contributed by atoms with Gasteiger partial charge >= 0.3 is 0 Å². The standard InChI is InChI=1S/C14H18BrClN2O/c1-17-9-5-7-10(8-6-9)18-14(19)11-3-2-4-12(15)13(11)16/h2-4,9-10,17H,5-8H2,1H3,(H,18,19). The van der Waals surface area contributed by atoms with Gasteiger partial charge in [-0.15, -0.1) is 0 Å². The number of carbonyl (C=O) groups is 1. The van der Waals surface area contributed by atoms with E-state index >= 15 is 0 Å². The lowest BCUT2D eigenvalue weighted by atomic mass is 9.91. The second-order valence-electron chi connectivity index (χ2n) is 4.91. The van der Waals surface area contributed by atoms with E-state index < -0.39 is 0 Å². The summed E-state index contributed by atoms with van der Waals surface area (Å²) in [7, 11) is 1.99. The zero-order valence-corrected chi connectivity index (χ0v) is 13.2. The van der Waals surface area contributed by atoms with Crippen LogP contribution in [0.1, 0.15) is 36.0 Å². The first kappa shape index (κ1) is 14.8. The van der Waals surface area contributed by atoms with E-state index in [-0.39, 0.29) is 11.9 Å². The van der Waals surface area contributed by atoms with Crippen LogP contribution >= 0.6 is 27.5 Å². The maximum absolute atomic E-state index is 12.2. The Hall–Kier alpha value is -0.580. The first-order valence-electron chi connectivity index (χ1n) is 6.54. The Bertz CT molecular complexity index is 459. The molecule has 0 aliphatic heterocycles. The van der Waals surface area contributed by atoms with E-state index in [2.05, 4.69) is 26.6 Å². The van der Waals surface area contributed by atoms with E-state index in [0.717, 1.165) is 30.2 Å². The normalized spacial score (nSPS) is 23.1. The predicted octanol–water partition coefficient (Wildman–Crippen LogP) is 3.36. The monoisotopic (exact) mass is 344 g/mol. The van der Waals surface area contributed by atoms with Gasteiger partial charge in [-0.2, -0.15) is 0 Å². The molecule has 0 heterocycles. The number of nitrogens with one attached hydrogen (secondary N) is 2. The Balaban J connectivity index is 1.96. The minimum Gasteiger partial charge on any atom is -0.349 e. The maximum atomic E-state index is 12.2. The van der Waals surface area contributed by atoms with Crippen molar-refractivity contribution in [3.63, 3.8) is 0 Å². The van der Waals surface area contributed by atoms with E-state index in [1.165, 1.54) is 0 Å². The first-order chi connectivity index (χ1) is 9.11. The topological polar surface area (TPSA) is 41.1 Å². The summed E-state index contributed by atoms with van der Waals surface area (Å²) < 4.78 is 0.751. The fourth-order valence-electron chi connectivity index (χ4n) is 2.47. The van der Waals surface area contributed by atoms with E-state index in [1.807, 2.05) is 19.2 Å². The molecule has 0 aromatic heterocycles. The lowest BCUT2D eigenvalue weighted by molar-refractivity contribution is 0.0925. The molecule has 1 aromatic rings. The van der Waals surface area contributed by atoms with Gasteiger partial charge < -0.3 is 10.6 Å². The highest BCUT2D eigenvalue weighted by molar-refractivity contribution is 9.10. The molecule has 0 radical (unpaired) electrons. The Labute approximate surface area is 127 Å². The summed E-state index contributed by atoms with van der Waals surface area (Å²) in [6.07, 6.45) is 4.24. The SMILES string of the molecule is CNC1CCC(NC(=O)c2cccc(Br)c2Cl)CC1. The van der Waals surface area contributed by atoms with E-state index in [4.69, 9.17) is 11.6 Å². The van der Waals surface area contributed by atoms with Gasteiger partial charge in [0.15, 0.2) is 0 Å². The lowest BCUT2D eigenvalue weighted by Crippen LogP contribution is -2.41. The van der Waals surface area contributed by atoms with Crippen LogP contribution in [0.2, 0.25) is 5.02 Å². The highest BCUT2D eigenvalue weighted by Crippen LogP contribution is 2.26. The summed E-state index contributed by atoms with van der Waals surface area (Å²) in [6.45, 7) is 0. The average molecular weight is 346 g/mol. The van der Waals surface area contributed by atoms with Gasteiger partial charge in [0.2, 0.25) is 0 Å². The minimum atomic E-state index is -0.0841. The van der Waals surface area contributed by atoms with Crippen molar-refractivity contribution in [2.24, 2.45) is 0 Å². The van der Waals surface area contributed by atoms with Crippen LogP contribution in [0.25, 0.3) is 0 Å². The largest absolute Gasteiger partial charge is 0.349 e. The Morgan fingerprint density at radius 3 is 2.53 bits per heavy atom. The molecule has 1 amide bonds. The summed E-state index contributed by atoms with van der Waals surface area (Å²) in [6, 6.07) is 6.25. The quantitative estimate of drug-likeness (QED) is 0.882. The van der Waals surface area contributed by atoms with E-state index in [1.54, 1.807) is 6.07 Å². The summed E-state index contributed by atoms with van der Waals surface area (Å²) in [5, 5.41) is 6.84. The first-order valence-corrected chi connectivity index (χ1v) is 7.71. The maximum Gasteiger partial charge on any atom is 0.253 e. The van der Waals surface area contributed by atoms with Crippen LogP contribution in [0.4, 0.5) is 0 Å². The van der Waals surface area contributed by atoms with Gasteiger partial charge in [-0.05, 0) is 60.8 Å². The molecule has 1 aromatic carbocycles. The van der Waals surface area contributed by atoms with Crippen LogP contribution in [-0.4, -0.2) is 25.0 Å². The Kier molecular flexibility index (Phi) is 5.25. The number of benzene rings is 1. The zero-order valence-electron chi connectivity index (χ0n) is 10.9. The highest BCUT2D eigenvalue weighted by atomic mass is 79.9. The van der Waals surface area contributed by atoms with Gasteiger partial charge in [-0.1, -0.05) is 17.7 Å². The van der Waals surface area contributed by atoms with Crippen molar-refractivity contribution in [2.45, 2.75) is 37.8 Å². The van der Waals surface area contributed by atoms with Gasteiger partial charge in [0.1, 0.15) is 0 Å². The molecular formula is C14H18BrClN2O. The molecule has 0 unspecified atom stereocenters. The van der Waals surface area contributed by atoms with Crippen molar-refractivity contribution < 1.29 is 4.79 Å². The molecule has 0 spiro atoms. The smallest absolute Gasteiger partial charge is 0.253 e. The second-order valence-corrected chi connectivity index (χ2v) is 6.14. The van der Waals surface area contributed by atoms with E-state index in [0.29, 0.717) is 16.6 Å².